The van der Waals surface area contributed by atoms with E-state index < -0.39 is 0 Å². The Labute approximate surface area is 118 Å². The number of aryl methyl sites for hydroxylation is 1. The Balaban J connectivity index is 1.64. The first-order valence-corrected chi connectivity index (χ1v) is 7.14. The van der Waals surface area contributed by atoms with Gasteiger partial charge >= 0.3 is 0 Å². The van der Waals surface area contributed by atoms with E-state index in [4.69, 9.17) is 0 Å². The summed E-state index contributed by atoms with van der Waals surface area (Å²) in [6, 6.07) is 6.77. The molecule has 1 aliphatic rings. The summed E-state index contributed by atoms with van der Waals surface area (Å²) in [6.45, 7) is 3.77. The van der Waals surface area contributed by atoms with Crippen LogP contribution in [0, 0.1) is 5.82 Å². The van der Waals surface area contributed by atoms with Gasteiger partial charge in [-0.3, -0.25) is 0 Å². The van der Waals surface area contributed by atoms with E-state index in [0.29, 0.717) is 6.54 Å². The fourth-order valence-electron chi connectivity index (χ4n) is 2.61. The normalized spacial score (nSPS) is 15.9. The van der Waals surface area contributed by atoms with Crippen LogP contribution in [0.15, 0.2) is 24.3 Å². The summed E-state index contributed by atoms with van der Waals surface area (Å²) in [5.41, 5.74) is 1.07. The maximum absolute atomic E-state index is 12.9. The number of nitrogens with zero attached hydrogens (tertiary/aromatic N) is 3. The van der Waals surface area contributed by atoms with Crippen LogP contribution in [-0.4, -0.2) is 14.8 Å². The van der Waals surface area contributed by atoms with Crippen molar-refractivity contribution < 1.29 is 4.39 Å². The third-order valence-electron chi connectivity index (χ3n) is 3.87. The molecule has 1 aromatic carbocycles. The van der Waals surface area contributed by atoms with Crippen LogP contribution in [0.4, 0.5) is 4.39 Å². The molecule has 20 heavy (non-hydrogen) atoms. The maximum Gasteiger partial charge on any atom is 0.147 e. The third kappa shape index (κ3) is 2.72. The summed E-state index contributed by atoms with van der Waals surface area (Å²) in [6.07, 6.45) is 3.43. The average Bonchev–Trinajstić information content (AvgIpc) is 2.89. The number of nitrogens with one attached hydrogen (secondary N) is 1. The second-order valence-electron chi connectivity index (χ2n) is 5.30. The van der Waals surface area contributed by atoms with Crippen molar-refractivity contribution in [2.24, 2.45) is 0 Å². The Morgan fingerprint density at radius 2 is 2.05 bits per heavy atom. The summed E-state index contributed by atoms with van der Waals surface area (Å²) in [7, 11) is 0. The highest BCUT2D eigenvalue weighted by Crippen LogP contribution is 2.16. The van der Waals surface area contributed by atoms with Gasteiger partial charge in [0.05, 0.1) is 6.54 Å². The standard InChI is InChI=1S/C15H19FN4/c1-11(12-5-7-13(16)8-6-12)17-10-15-19-18-14-4-2-3-9-20(14)15/h5-8,11,17H,2-4,9-10H2,1H3/t11-/m0/s1. The molecule has 0 amide bonds. The van der Waals surface area contributed by atoms with Gasteiger partial charge in [0, 0.05) is 19.0 Å². The molecule has 106 valence electrons. The molecule has 3 rings (SSSR count). The van der Waals surface area contributed by atoms with Crippen molar-refractivity contribution in [3.8, 4) is 0 Å². The second-order valence-corrected chi connectivity index (χ2v) is 5.30. The molecule has 0 fully saturated rings. The predicted octanol–water partition coefficient (Wildman–Crippen LogP) is 2.60. The Kier molecular flexibility index (Phi) is 3.78. The van der Waals surface area contributed by atoms with Crippen molar-refractivity contribution in [3.05, 3.63) is 47.3 Å². The number of rotatable bonds is 4. The molecule has 1 aliphatic heterocycles. The van der Waals surface area contributed by atoms with E-state index in [1.54, 1.807) is 0 Å². The molecule has 1 atom stereocenters. The molecule has 4 nitrogen and oxygen atoms in total. The lowest BCUT2D eigenvalue weighted by Crippen LogP contribution is -2.22. The highest BCUT2D eigenvalue weighted by molar-refractivity contribution is 5.19. The molecule has 0 saturated carbocycles. The molecule has 0 aliphatic carbocycles. The molecule has 0 radical (unpaired) electrons. The fraction of sp³-hybridized carbons (Fsp3) is 0.467. The zero-order valence-corrected chi connectivity index (χ0v) is 11.6. The lowest BCUT2D eigenvalue weighted by atomic mass is 10.1. The van der Waals surface area contributed by atoms with Crippen molar-refractivity contribution in [1.82, 2.24) is 20.1 Å². The van der Waals surface area contributed by atoms with Crippen molar-refractivity contribution in [2.45, 2.75) is 45.3 Å². The van der Waals surface area contributed by atoms with Crippen molar-refractivity contribution in [3.63, 3.8) is 0 Å². The number of hydrogen-bond donors (Lipinski definition) is 1. The second kappa shape index (κ2) is 5.71. The lowest BCUT2D eigenvalue weighted by molar-refractivity contribution is 0.483. The first kappa shape index (κ1) is 13.2. The summed E-state index contributed by atoms with van der Waals surface area (Å²) < 4.78 is 15.1. The SMILES string of the molecule is C[C@H](NCc1nnc2n1CCCC2)c1ccc(F)cc1. The molecule has 2 heterocycles. The van der Waals surface area contributed by atoms with Gasteiger partial charge in [-0.2, -0.15) is 0 Å². The molecular weight excluding hydrogens is 255 g/mol. The zero-order chi connectivity index (χ0) is 13.9. The van der Waals surface area contributed by atoms with Gasteiger partial charge in [-0.15, -0.1) is 10.2 Å². The van der Waals surface area contributed by atoms with Gasteiger partial charge in [0.2, 0.25) is 0 Å². The molecule has 2 aromatic rings. The van der Waals surface area contributed by atoms with E-state index in [-0.39, 0.29) is 11.9 Å². The van der Waals surface area contributed by atoms with Crippen LogP contribution in [0.25, 0.3) is 0 Å². The van der Waals surface area contributed by atoms with Crippen molar-refractivity contribution in [2.75, 3.05) is 0 Å². The Morgan fingerprint density at radius 1 is 1.25 bits per heavy atom. The summed E-state index contributed by atoms with van der Waals surface area (Å²) >= 11 is 0. The first-order valence-electron chi connectivity index (χ1n) is 7.14. The van der Waals surface area contributed by atoms with Gasteiger partial charge in [0.25, 0.3) is 0 Å². The van der Waals surface area contributed by atoms with Gasteiger partial charge in [-0.25, -0.2) is 4.39 Å². The molecular formula is C15H19FN4. The van der Waals surface area contributed by atoms with Gasteiger partial charge in [-0.05, 0) is 37.5 Å². The molecule has 0 bridgehead atoms. The highest BCUT2D eigenvalue weighted by atomic mass is 19.1. The molecule has 5 heteroatoms. The minimum absolute atomic E-state index is 0.159. The third-order valence-corrected chi connectivity index (χ3v) is 3.87. The van der Waals surface area contributed by atoms with Gasteiger partial charge in [-0.1, -0.05) is 12.1 Å². The molecule has 0 spiro atoms. The van der Waals surface area contributed by atoms with Crippen molar-refractivity contribution >= 4 is 0 Å². The highest BCUT2D eigenvalue weighted by Gasteiger charge is 2.16. The number of benzene rings is 1. The Bertz CT molecular complexity index is 576. The quantitative estimate of drug-likeness (QED) is 0.932. The minimum atomic E-state index is -0.201. The van der Waals surface area contributed by atoms with E-state index in [9.17, 15) is 4.39 Å². The average molecular weight is 274 g/mol. The smallest absolute Gasteiger partial charge is 0.147 e. The van der Waals surface area contributed by atoms with Crippen LogP contribution < -0.4 is 5.32 Å². The van der Waals surface area contributed by atoms with Crippen molar-refractivity contribution in [1.29, 1.82) is 0 Å². The first-order chi connectivity index (χ1) is 9.74. The fourth-order valence-corrected chi connectivity index (χ4v) is 2.61. The van der Waals surface area contributed by atoms with Gasteiger partial charge < -0.3 is 9.88 Å². The van der Waals surface area contributed by atoms with E-state index in [1.807, 2.05) is 12.1 Å². The molecule has 1 aromatic heterocycles. The maximum atomic E-state index is 12.9. The number of halogens is 1. The predicted molar refractivity (Wildman–Crippen MR) is 74.6 cm³/mol. The number of fused-ring (bicyclic) bond motifs is 1. The summed E-state index contributed by atoms with van der Waals surface area (Å²) in [5.74, 6) is 1.89. The van der Waals surface area contributed by atoms with Gasteiger partial charge in [0.15, 0.2) is 0 Å². The molecule has 1 N–H and O–H groups in total. The van der Waals surface area contributed by atoms with Crippen LogP contribution in [0.3, 0.4) is 0 Å². The van der Waals surface area contributed by atoms with Crippen LogP contribution in [0.5, 0.6) is 0 Å². The summed E-state index contributed by atoms with van der Waals surface area (Å²) in [5, 5.41) is 11.9. The monoisotopic (exact) mass is 274 g/mol. The van der Waals surface area contributed by atoms with E-state index >= 15 is 0 Å². The van der Waals surface area contributed by atoms with Gasteiger partial charge in [0.1, 0.15) is 17.5 Å². The Hall–Kier alpha value is -1.75. The molecule has 0 saturated heterocycles. The molecule has 0 unspecified atom stereocenters. The van der Waals surface area contributed by atoms with E-state index in [1.165, 1.54) is 25.0 Å². The largest absolute Gasteiger partial charge is 0.314 e. The van der Waals surface area contributed by atoms with Crippen LogP contribution in [-0.2, 0) is 19.5 Å². The van der Waals surface area contributed by atoms with Crippen LogP contribution in [0.2, 0.25) is 0 Å². The number of aromatic nitrogens is 3. The topological polar surface area (TPSA) is 42.7 Å². The van der Waals surface area contributed by atoms with E-state index in [0.717, 1.165) is 30.2 Å². The van der Waals surface area contributed by atoms with E-state index in [2.05, 4.69) is 27.0 Å². The number of hydrogen-bond acceptors (Lipinski definition) is 3. The summed E-state index contributed by atoms with van der Waals surface area (Å²) in [4.78, 5) is 0. The lowest BCUT2D eigenvalue weighted by Gasteiger charge is -2.17. The zero-order valence-electron chi connectivity index (χ0n) is 11.6. The van der Waals surface area contributed by atoms with Crippen LogP contribution in [0.1, 0.15) is 43.0 Å². The van der Waals surface area contributed by atoms with Crippen LogP contribution >= 0.6 is 0 Å². The Morgan fingerprint density at radius 3 is 2.85 bits per heavy atom. The minimum Gasteiger partial charge on any atom is -0.314 e.